The molecule has 0 spiro atoms. The fourth-order valence-corrected chi connectivity index (χ4v) is 3.29. The smallest absolute Gasteiger partial charge is 0.0985 e. The first-order valence-electron chi connectivity index (χ1n) is 6.77. The minimum absolute atomic E-state index is 0.985. The van der Waals surface area contributed by atoms with Crippen LogP contribution in [-0.4, -0.2) is 14.8 Å². The van der Waals surface area contributed by atoms with Crippen molar-refractivity contribution >= 4 is 21.5 Å². The van der Waals surface area contributed by atoms with Gasteiger partial charge in [-0.3, -0.25) is 0 Å². The van der Waals surface area contributed by atoms with E-state index in [-0.39, 0.29) is 0 Å². The number of aromatic nitrogens is 1. The van der Waals surface area contributed by atoms with E-state index < -0.39 is 0 Å². The molecule has 3 rings (SSSR count). The monoisotopic (exact) mass is 306 g/mol. The van der Waals surface area contributed by atoms with Gasteiger partial charge in [0.15, 0.2) is 0 Å². The van der Waals surface area contributed by atoms with Gasteiger partial charge in [0.25, 0.3) is 0 Å². The summed E-state index contributed by atoms with van der Waals surface area (Å²) in [6.45, 7) is 0.985. The maximum Gasteiger partial charge on any atom is 0.0985 e. The van der Waals surface area contributed by atoms with Crippen molar-refractivity contribution in [2.45, 2.75) is 38.8 Å². The van der Waals surface area contributed by atoms with Crippen molar-refractivity contribution in [1.29, 1.82) is 0 Å². The summed E-state index contributed by atoms with van der Waals surface area (Å²) >= 11 is 3.51. The highest BCUT2D eigenvalue weighted by atomic mass is 79.9. The number of allylic oxidation sites excluding steroid dienone is 2. The van der Waals surface area contributed by atoms with Crippen LogP contribution >= 0.6 is 15.9 Å². The highest BCUT2D eigenvalue weighted by molar-refractivity contribution is 9.09. The molecule has 0 N–H and O–H groups in total. The SMILES string of the molecule is BrCCCCCC1=C2CC=CN2Cn2cccc21. The fraction of sp³-hybridized carbons (Fsp3) is 0.467. The molecule has 0 radical (unpaired) electrons. The van der Waals surface area contributed by atoms with Gasteiger partial charge in [-0.15, -0.1) is 0 Å². The molecule has 0 aromatic carbocycles. The van der Waals surface area contributed by atoms with Gasteiger partial charge in [-0.1, -0.05) is 28.4 Å². The lowest BCUT2D eigenvalue weighted by atomic mass is 10.00. The topological polar surface area (TPSA) is 8.17 Å². The van der Waals surface area contributed by atoms with Gasteiger partial charge in [0.2, 0.25) is 0 Å². The van der Waals surface area contributed by atoms with E-state index in [1.807, 2.05) is 0 Å². The number of hydrogen-bond donors (Lipinski definition) is 0. The normalized spacial score (nSPS) is 17.3. The number of alkyl halides is 1. The Bertz CT molecular complexity index is 484. The summed E-state index contributed by atoms with van der Waals surface area (Å²) in [7, 11) is 0. The highest BCUT2D eigenvalue weighted by Gasteiger charge is 2.24. The van der Waals surface area contributed by atoms with Crippen molar-refractivity contribution in [2.24, 2.45) is 0 Å². The quantitative estimate of drug-likeness (QED) is 0.580. The number of fused-ring (bicyclic) bond motifs is 2. The maximum absolute atomic E-state index is 3.51. The number of unbranched alkanes of at least 4 members (excludes halogenated alkanes) is 2. The Morgan fingerprint density at radius 1 is 1.22 bits per heavy atom. The average Bonchev–Trinajstić information content (AvgIpc) is 3.01. The van der Waals surface area contributed by atoms with Crippen molar-refractivity contribution in [3.63, 3.8) is 0 Å². The molecule has 3 heteroatoms. The van der Waals surface area contributed by atoms with E-state index in [4.69, 9.17) is 0 Å². The highest BCUT2D eigenvalue weighted by Crippen LogP contribution is 2.36. The molecule has 0 atom stereocenters. The number of rotatable bonds is 5. The van der Waals surface area contributed by atoms with Gasteiger partial charge >= 0.3 is 0 Å². The molecule has 0 aliphatic carbocycles. The Morgan fingerprint density at radius 3 is 3.06 bits per heavy atom. The van der Waals surface area contributed by atoms with Gasteiger partial charge in [0.05, 0.1) is 6.67 Å². The predicted molar refractivity (Wildman–Crippen MR) is 79.2 cm³/mol. The van der Waals surface area contributed by atoms with Gasteiger partial charge in [-0.05, 0) is 37.0 Å². The molecule has 0 fully saturated rings. The molecule has 2 aliphatic rings. The summed E-state index contributed by atoms with van der Waals surface area (Å²) in [5.74, 6) is 0. The van der Waals surface area contributed by atoms with Crippen molar-refractivity contribution in [3.05, 3.63) is 42.0 Å². The van der Waals surface area contributed by atoms with E-state index >= 15 is 0 Å². The van der Waals surface area contributed by atoms with Crippen molar-refractivity contribution in [2.75, 3.05) is 5.33 Å². The molecule has 2 nitrogen and oxygen atoms in total. The Kier molecular flexibility index (Phi) is 3.59. The van der Waals surface area contributed by atoms with Crippen molar-refractivity contribution in [1.82, 2.24) is 9.47 Å². The number of hydrogen-bond acceptors (Lipinski definition) is 1. The molecule has 0 bridgehead atoms. The minimum atomic E-state index is 0.985. The fourth-order valence-electron chi connectivity index (χ4n) is 2.90. The molecule has 0 saturated carbocycles. The van der Waals surface area contributed by atoms with E-state index in [2.05, 4.69) is 56.0 Å². The van der Waals surface area contributed by atoms with Crippen LogP contribution in [0.15, 0.2) is 36.3 Å². The van der Waals surface area contributed by atoms with Crippen LogP contribution < -0.4 is 0 Å². The lowest BCUT2D eigenvalue weighted by Crippen LogP contribution is -2.24. The van der Waals surface area contributed by atoms with Crippen LogP contribution in [0.1, 0.15) is 37.8 Å². The summed E-state index contributed by atoms with van der Waals surface area (Å²) in [5.41, 5.74) is 4.52. The first-order chi connectivity index (χ1) is 8.90. The van der Waals surface area contributed by atoms with Crippen LogP contribution in [0.4, 0.5) is 0 Å². The first kappa shape index (κ1) is 12.1. The maximum atomic E-state index is 3.51. The molecule has 2 aliphatic heterocycles. The van der Waals surface area contributed by atoms with Crippen molar-refractivity contribution < 1.29 is 0 Å². The average molecular weight is 307 g/mol. The molecule has 1 aromatic rings. The van der Waals surface area contributed by atoms with Gasteiger partial charge in [-0.2, -0.15) is 0 Å². The molecular weight excluding hydrogens is 288 g/mol. The largest absolute Gasteiger partial charge is 0.333 e. The van der Waals surface area contributed by atoms with Gasteiger partial charge in [0.1, 0.15) is 0 Å². The zero-order chi connectivity index (χ0) is 12.4. The van der Waals surface area contributed by atoms with Crippen LogP contribution in [0.3, 0.4) is 0 Å². The minimum Gasteiger partial charge on any atom is -0.333 e. The van der Waals surface area contributed by atoms with E-state index in [0.29, 0.717) is 0 Å². The number of halogens is 1. The molecule has 0 unspecified atom stereocenters. The second kappa shape index (κ2) is 5.35. The van der Waals surface area contributed by atoms with E-state index in [9.17, 15) is 0 Å². The Morgan fingerprint density at radius 2 is 2.17 bits per heavy atom. The molecule has 3 heterocycles. The lowest BCUT2D eigenvalue weighted by Gasteiger charge is -2.30. The van der Waals surface area contributed by atoms with Crippen LogP contribution in [0, 0.1) is 0 Å². The molecule has 0 saturated heterocycles. The first-order valence-corrected chi connectivity index (χ1v) is 7.89. The standard InChI is InChI=1S/C15H19BrN2/c16-9-3-1-2-6-13-14-7-4-10-17(14)12-18-11-5-8-15(13)18/h4-5,7,10-11H,1-3,6,8-9,12H2. The summed E-state index contributed by atoms with van der Waals surface area (Å²) < 4.78 is 2.36. The second-order valence-electron chi connectivity index (χ2n) is 4.99. The van der Waals surface area contributed by atoms with Crippen LogP contribution in [0.2, 0.25) is 0 Å². The van der Waals surface area contributed by atoms with Crippen LogP contribution in [0.25, 0.3) is 5.57 Å². The Balaban J connectivity index is 1.80. The summed E-state index contributed by atoms with van der Waals surface area (Å²) in [6.07, 6.45) is 12.9. The van der Waals surface area contributed by atoms with Crippen LogP contribution in [0.5, 0.6) is 0 Å². The summed E-state index contributed by atoms with van der Waals surface area (Å²) in [5, 5.41) is 1.13. The third-order valence-corrected chi connectivity index (χ3v) is 4.36. The molecular formula is C15H19BrN2. The molecule has 1 aromatic heterocycles. The van der Waals surface area contributed by atoms with E-state index in [1.54, 1.807) is 5.57 Å². The zero-order valence-corrected chi connectivity index (χ0v) is 12.2. The second-order valence-corrected chi connectivity index (χ2v) is 5.78. The van der Waals surface area contributed by atoms with Gasteiger partial charge < -0.3 is 9.47 Å². The summed E-state index contributed by atoms with van der Waals surface area (Å²) in [6, 6.07) is 4.43. The lowest BCUT2D eigenvalue weighted by molar-refractivity contribution is 0.368. The zero-order valence-electron chi connectivity index (χ0n) is 10.6. The van der Waals surface area contributed by atoms with E-state index in [1.165, 1.54) is 37.1 Å². The Labute approximate surface area is 117 Å². The third-order valence-electron chi connectivity index (χ3n) is 3.80. The predicted octanol–water partition coefficient (Wildman–Crippen LogP) is 4.35. The van der Waals surface area contributed by atoms with E-state index in [0.717, 1.165) is 18.4 Å². The van der Waals surface area contributed by atoms with Crippen LogP contribution in [-0.2, 0) is 6.67 Å². The van der Waals surface area contributed by atoms with Gasteiger partial charge in [0, 0.05) is 35.5 Å². The number of nitrogens with zero attached hydrogens (tertiary/aromatic N) is 2. The third kappa shape index (κ3) is 2.16. The molecule has 96 valence electrons. The molecule has 18 heavy (non-hydrogen) atoms. The molecule has 0 amide bonds. The van der Waals surface area contributed by atoms with Gasteiger partial charge in [-0.25, -0.2) is 0 Å². The Hall–Kier alpha value is -0.960. The van der Waals surface area contributed by atoms with Crippen molar-refractivity contribution in [3.8, 4) is 0 Å². The summed E-state index contributed by atoms with van der Waals surface area (Å²) in [4.78, 5) is 2.40.